The zero-order chi connectivity index (χ0) is 11.5. The molecule has 3 nitrogen and oxygen atoms in total. The van der Waals surface area contributed by atoms with Crippen molar-refractivity contribution in [2.75, 3.05) is 0 Å². The maximum atomic E-state index is 8.56. The van der Waals surface area contributed by atoms with Gasteiger partial charge in [-0.05, 0) is 19.1 Å². The van der Waals surface area contributed by atoms with Crippen LogP contribution in [0.15, 0.2) is 41.7 Å². The van der Waals surface area contributed by atoms with Crippen molar-refractivity contribution in [2.45, 2.75) is 6.92 Å². The van der Waals surface area contributed by atoms with E-state index in [1.807, 2.05) is 25.3 Å². The molecule has 1 aromatic heterocycles. The van der Waals surface area contributed by atoms with E-state index in [-0.39, 0.29) is 0 Å². The number of aromatic nitrogens is 1. The summed E-state index contributed by atoms with van der Waals surface area (Å²) in [6.45, 7) is 1.75. The Morgan fingerprint density at radius 1 is 1.38 bits per heavy atom. The summed E-state index contributed by atoms with van der Waals surface area (Å²) in [4.78, 5) is 0. The Morgan fingerprint density at radius 2 is 2.12 bits per heavy atom. The molecule has 2 aromatic rings. The zero-order valence-corrected chi connectivity index (χ0v) is 9.38. The number of hydrogen-bond donors (Lipinski definition) is 1. The second-order valence-corrected chi connectivity index (χ2v) is 3.79. The lowest BCUT2D eigenvalue weighted by atomic mass is 10.1. The molecule has 16 heavy (non-hydrogen) atoms. The van der Waals surface area contributed by atoms with Crippen LogP contribution < -0.4 is 0 Å². The molecule has 0 fully saturated rings. The average molecular weight is 214 g/mol. The number of oxime groups is 1. The van der Waals surface area contributed by atoms with Gasteiger partial charge in [-0.25, -0.2) is 0 Å². The van der Waals surface area contributed by atoms with Crippen LogP contribution in [0.4, 0.5) is 0 Å². The molecule has 0 aliphatic heterocycles. The minimum atomic E-state index is 0.591. The lowest BCUT2D eigenvalue weighted by Crippen LogP contribution is -1.82. The first-order valence-electron chi connectivity index (χ1n) is 5.13. The van der Waals surface area contributed by atoms with Crippen LogP contribution in [0, 0.1) is 0 Å². The van der Waals surface area contributed by atoms with E-state index in [0.717, 1.165) is 5.56 Å². The van der Waals surface area contributed by atoms with Gasteiger partial charge >= 0.3 is 0 Å². The fourth-order valence-corrected chi connectivity index (χ4v) is 1.75. The number of fused-ring (bicyclic) bond motifs is 1. The first kappa shape index (κ1) is 10.5. The van der Waals surface area contributed by atoms with Crippen molar-refractivity contribution in [3.05, 3.63) is 42.1 Å². The van der Waals surface area contributed by atoms with Crippen molar-refractivity contribution in [1.29, 1.82) is 0 Å². The van der Waals surface area contributed by atoms with E-state index < -0.39 is 0 Å². The zero-order valence-electron chi connectivity index (χ0n) is 9.38. The van der Waals surface area contributed by atoms with E-state index in [9.17, 15) is 0 Å². The maximum absolute atomic E-state index is 8.56. The molecule has 2 rings (SSSR count). The highest BCUT2D eigenvalue weighted by Gasteiger charge is 2.02. The number of nitrogens with zero attached hydrogens (tertiary/aromatic N) is 2. The van der Waals surface area contributed by atoms with Crippen LogP contribution in [0.25, 0.3) is 17.0 Å². The lowest BCUT2D eigenvalue weighted by molar-refractivity contribution is 0.319. The number of aryl methyl sites for hydroxylation is 1. The Bertz CT molecular complexity index is 564. The van der Waals surface area contributed by atoms with E-state index in [0.29, 0.717) is 5.71 Å². The second-order valence-electron chi connectivity index (χ2n) is 3.79. The Morgan fingerprint density at radius 3 is 2.88 bits per heavy atom. The molecule has 3 heteroatoms. The number of benzene rings is 1. The van der Waals surface area contributed by atoms with Crippen molar-refractivity contribution in [3.8, 4) is 0 Å². The number of hydrogen-bond acceptors (Lipinski definition) is 2. The van der Waals surface area contributed by atoms with Crippen LogP contribution in [0.1, 0.15) is 12.5 Å². The van der Waals surface area contributed by atoms with E-state index in [4.69, 9.17) is 5.21 Å². The third-order valence-corrected chi connectivity index (χ3v) is 2.59. The molecule has 1 N–H and O–H groups in total. The van der Waals surface area contributed by atoms with Gasteiger partial charge in [-0.15, -0.1) is 0 Å². The first-order chi connectivity index (χ1) is 7.72. The van der Waals surface area contributed by atoms with Gasteiger partial charge in [0, 0.05) is 29.7 Å². The largest absolute Gasteiger partial charge is 0.411 e. The normalized spacial score (nSPS) is 12.8. The molecule has 0 unspecified atom stereocenters. The predicted octanol–water partition coefficient (Wildman–Crippen LogP) is 3.04. The molecule has 0 bridgehead atoms. The van der Waals surface area contributed by atoms with Crippen LogP contribution >= 0.6 is 0 Å². The Balaban J connectivity index is 2.50. The van der Waals surface area contributed by atoms with Gasteiger partial charge in [0.15, 0.2) is 0 Å². The van der Waals surface area contributed by atoms with Gasteiger partial charge in [0.25, 0.3) is 0 Å². The quantitative estimate of drug-likeness (QED) is 0.465. The summed E-state index contributed by atoms with van der Waals surface area (Å²) in [5.74, 6) is 0. The summed E-state index contributed by atoms with van der Waals surface area (Å²) in [6, 6.07) is 8.21. The van der Waals surface area contributed by atoms with Crippen molar-refractivity contribution >= 4 is 22.7 Å². The Kier molecular flexibility index (Phi) is 2.77. The van der Waals surface area contributed by atoms with E-state index >= 15 is 0 Å². The van der Waals surface area contributed by atoms with Crippen LogP contribution in [-0.4, -0.2) is 15.5 Å². The van der Waals surface area contributed by atoms with Gasteiger partial charge < -0.3 is 9.77 Å². The molecule has 0 atom stereocenters. The van der Waals surface area contributed by atoms with Crippen LogP contribution in [0.5, 0.6) is 0 Å². The van der Waals surface area contributed by atoms with Gasteiger partial charge in [0.2, 0.25) is 0 Å². The summed E-state index contributed by atoms with van der Waals surface area (Å²) >= 11 is 0. The van der Waals surface area contributed by atoms with E-state index in [1.165, 1.54) is 10.9 Å². The van der Waals surface area contributed by atoms with Gasteiger partial charge in [-0.1, -0.05) is 29.4 Å². The molecule has 0 saturated heterocycles. The van der Waals surface area contributed by atoms with Crippen molar-refractivity contribution in [3.63, 3.8) is 0 Å². The fourth-order valence-electron chi connectivity index (χ4n) is 1.75. The molecule has 0 radical (unpaired) electrons. The molecular weight excluding hydrogens is 200 g/mol. The molecule has 1 aromatic carbocycles. The molecule has 0 amide bonds. The monoisotopic (exact) mass is 214 g/mol. The minimum Gasteiger partial charge on any atom is -0.411 e. The summed E-state index contributed by atoms with van der Waals surface area (Å²) in [6.07, 6.45) is 5.81. The highest BCUT2D eigenvalue weighted by atomic mass is 16.4. The number of para-hydroxylation sites is 1. The SMILES string of the molecule is CC(/C=C/c1cn(C)c2ccccc12)=N\O. The summed E-state index contributed by atoms with van der Waals surface area (Å²) < 4.78 is 2.08. The summed E-state index contributed by atoms with van der Waals surface area (Å²) in [5.41, 5.74) is 2.91. The van der Waals surface area contributed by atoms with Gasteiger partial charge in [-0.2, -0.15) is 0 Å². The van der Waals surface area contributed by atoms with Crippen molar-refractivity contribution in [2.24, 2.45) is 12.2 Å². The van der Waals surface area contributed by atoms with Gasteiger partial charge in [-0.3, -0.25) is 0 Å². The molecule has 82 valence electrons. The molecule has 0 aliphatic rings. The van der Waals surface area contributed by atoms with Crippen molar-refractivity contribution in [1.82, 2.24) is 4.57 Å². The Hall–Kier alpha value is -2.03. The molecule has 1 heterocycles. The topological polar surface area (TPSA) is 37.5 Å². The van der Waals surface area contributed by atoms with E-state index in [2.05, 4.69) is 28.1 Å². The van der Waals surface area contributed by atoms with Crippen LogP contribution in [0.3, 0.4) is 0 Å². The third kappa shape index (κ3) is 1.84. The smallest absolute Gasteiger partial charge is 0.0765 e. The van der Waals surface area contributed by atoms with E-state index in [1.54, 1.807) is 13.0 Å². The molecule has 0 aliphatic carbocycles. The maximum Gasteiger partial charge on any atom is 0.0765 e. The number of rotatable bonds is 2. The molecule has 0 saturated carbocycles. The summed E-state index contributed by atoms with van der Waals surface area (Å²) in [5, 5.41) is 12.9. The standard InChI is InChI=1S/C13H14N2O/c1-10(14-16)7-8-11-9-15(2)13-6-4-3-5-12(11)13/h3-9,16H,1-2H3/b8-7+,14-10+. The third-order valence-electron chi connectivity index (χ3n) is 2.59. The fraction of sp³-hybridized carbons (Fsp3) is 0.154. The second kappa shape index (κ2) is 4.23. The molecular formula is C13H14N2O. The Labute approximate surface area is 94.3 Å². The number of allylic oxidation sites excluding steroid dienone is 1. The predicted molar refractivity (Wildman–Crippen MR) is 66.8 cm³/mol. The summed E-state index contributed by atoms with van der Waals surface area (Å²) in [7, 11) is 2.02. The van der Waals surface area contributed by atoms with Gasteiger partial charge in [0.1, 0.15) is 0 Å². The highest BCUT2D eigenvalue weighted by molar-refractivity contribution is 5.98. The lowest BCUT2D eigenvalue weighted by Gasteiger charge is -1.93. The minimum absolute atomic E-state index is 0.591. The van der Waals surface area contributed by atoms with Crippen LogP contribution in [-0.2, 0) is 7.05 Å². The van der Waals surface area contributed by atoms with Crippen LogP contribution in [0.2, 0.25) is 0 Å². The van der Waals surface area contributed by atoms with Gasteiger partial charge in [0.05, 0.1) is 5.71 Å². The molecule has 0 spiro atoms. The first-order valence-corrected chi connectivity index (χ1v) is 5.13. The highest BCUT2D eigenvalue weighted by Crippen LogP contribution is 2.21. The van der Waals surface area contributed by atoms with Crippen molar-refractivity contribution < 1.29 is 5.21 Å². The average Bonchev–Trinajstić information content (AvgIpc) is 2.64.